The Labute approximate surface area is 157 Å². The molecule has 3 heterocycles. The van der Waals surface area contributed by atoms with Gasteiger partial charge in [-0.15, -0.1) is 0 Å². The van der Waals surface area contributed by atoms with E-state index >= 15 is 0 Å². The standard InChI is InChI=1S/C20H26F3N3O/c21-20(22,23)17-6-3-9-24-18(17)25-10-7-14(8-11-25)19(27)26-12-15-4-1-2-5-16(15)13-26/h3,6,9,14-16H,1-2,4-5,7-8,10-13H2. The number of likely N-dealkylation sites (tertiary alicyclic amines) is 1. The van der Waals surface area contributed by atoms with Gasteiger partial charge in [0.05, 0.1) is 5.56 Å². The van der Waals surface area contributed by atoms with Crippen LogP contribution in [0.3, 0.4) is 0 Å². The minimum absolute atomic E-state index is 0.0110. The maximum Gasteiger partial charge on any atom is 0.419 e. The van der Waals surface area contributed by atoms with Gasteiger partial charge in [-0.05, 0) is 49.7 Å². The Morgan fingerprint density at radius 3 is 2.26 bits per heavy atom. The van der Waals surface area contributed by atoms with Gasteiger partial charge in [0.15, 0.2) is 0 Å². The van der Waals surface area contributed by atoms with Gasteiger partial charge < -0.3 is 9.80 Å². The first kappa shape index (κ1) is 18.6. The molecule has 1 aliphatic carbocycles. The summed E-state index contributed by atoms with van der Waals surface area (Å²) in [5.41, 5.74) is -0.696. The van der Waals surface area contributed by atoms with Crippen LogP contribution >= 0.6 is 0 Å². The lowest BCUT2D eigenvalue weighted by Crippen LogP contribution is -2.42. The van der Waals surface area contributed by atoms with Crippen molar-refractivity contribution in [1.29, 1.82) is 0 Å². The molecule has 2 unspecified atom stereocenters. The molecule has 1 aromatic rings. The van der Waals surface area contributed by atoms with Crippen molar-refractivity contribution in [3.63, 3.8) is 0 Å². The Bertz CT molecular complexity index is 671. The molecule has 4 nitrogen and oxygen atoms in total. The van der Waals surface area contributed by atoms with Crippen LogP contribution in [0.5, 0.6) is 0 Å². The number of nitrogens with zero attached hydrogens (tertiary/aromatic N) is 3. The normalized spacial score (nSPS) is 26.9. The Kier molecular flexibility index (Phi) is 5.03. The van der Waals surface area contributed by atoms with Crippen LogP contribution in [-0.4, -0.2) is 42.0 Å². The summed E-state index contributed by atoms with van der Waals surface area (Å²) >= 11 is 0. The predicted octanol–water partition coefficient (Wildman–Crippen LogP) is 3.97. The van der Waals surface area contributed by atoms with E-state index in [2.05, 4.69) is 4.98 Å². The SMILES string of the molecule is O=C(C1CCN(c2ncccc2C(F)(F)F)CC1)N1CC2CCCCC2C1. The third-order valence-corrected chi connectivity index (χ3v) is 6.52. The number of halogens is 3. The minimum atomic E-state index is -4.41. The van der Waals surface area contributed by atoms with Gasteiger partial charge in [0.2, 0.25) is 5.91 Å². The monoisotopic (exact) mass is 381 g/mol. The van der Waals surface area contributed by atoms with E-state index in [1.165, 1.54) is 37.9 Å². The molecule has 0 radical (unpaired) electrons. The lowest BCUT2D eigenvalue weighted by atomic mass is 9.82. The summed E-state index contributed by atoms with van der Waals surface area (Å²) in [5, 5.41) is 0. The largest absolute Gasteiger partial charge is 0.419 e. The van der Waals surface area contributed by atoms with Crippen molar-refractivity contribution >= 4 is 11.7 Å². The van der Waals surface area contributed by atoms with Crippen LogP contribution in [0.2, 0.25) is 0 Å². The van der Waals surface area contributed by atoms with E-state index in [1.54, 1.807) is 4.90 Å². The minimum Gasteiger partial charge on any atom is -0.356 e. The number of amides is 1. The molecule has 1 aromatic heterocycles. The number of carbonyl (C=O) groups excluding carboxylic acids is 1. The van der Waals surface area contributed by atoms with Crippen molar-refractivity contribution < 1.29 is 18.0 Å². The van der Waals surface area contributed by atoms with Crippen LogP contribution in [-0.2, 0) is 11.0 Å². The molecule has 2 aliphatic heterocycles. The molecule has 1 saturated carbocycles. The van der Waals surface area contributed by atoms with Crippen molar-refractivity contribution in [3.8, 4) is 0 Å². The lowest BCUT2D eigenvalue weighted by Gasteiger charge is -2.35. The van der Waals surface area contributed by atoms with E-state index in [4.69, 9.17) is 0 Å². The molecule has 4 rings (SSSR count). The second kappa shape index (κ2) is 7.32. The van der Waals surface area contributed by atoms with Gasteiger partial charge in [-0.3, -0.25) is 4.79 Å². The van der Waals surface area contributed by atoms with Crippen LogP contribution in [0.25, 0.3) is 0 Å². The van der Waals surface area contributed by atoms with E-state index < -0.39 is 11.7 Å². The third kappa shape index (κ3) is 3.78. The molecule has 0 aromatic carbocycles. The topological polar surface area (TPSA) is 36.4 Å². The quantitative estimate of drug-likeness (QED) is 0.778. The van der Waals surface area contributed by atoms with Crippen molar-refractivity contribution in [2.75, 3.05) is 31.1 Å². The fraction of sp³-hybridized carbons (Fsp3) is 0.700. The van der Waals surface area contributed by atoms with Gasteiger partial charge in [-0.25, -0.2) is 4.98 Å². The number of pyridine rings is 1. The number of anilines is 1. The first-order chi connectivity index (χ1) is 12.9. The van der Waals surface area contributed by atoms with E-state index in [0.717, 1.165) is 19.2 Å². The predicted molar refractivity (Wildman–Crippen MR) is 96.2 cm³/mol. The van der Waals surface area contributed by atoms with Gasteiger partial charge in [-0.2, -0.15) is 13.2 Å². The molecule has 2 atom stereocenters. The highest BCUT2D eigenvalue weighted by atomic mass is 19.4. The Morgan fingerprint density at radius 2 is 1.67 bits per heavy atom. The highest BCUT2D eigenvalue weighted by Gasteiger charge is 2.40. The number of piperidine rings is 1. The van der Waals surface area contributed by atoms with Crippen LogP contribution in [0.4, 0.5) is 19.0 Å². The van der Waals surface area contributed by atoms with Crippen molar-refractivity contribution in [2.24, 2.45) is 17.8 Å². The smallest absolute Gasteiger partial charge is 0.356 e. The molecular formula is C20H26F3N3O. The maximum absolute atomic E-state index is 13.2. The van der Waals surface area contributed by atoms with E-state index in [9.17, 15) is 18.0 Å². The van der Waals surface area contributed by atoms with Crippen LogP contribution in [0.1, 0.15) is 44.1 Å². The molecule has 0 spiro atoms. The summed E-state index contributed by atoms with van der Waals surface area (Å²) in [6, 6.07) is 2.39. The van der Waals surface area contributed by atoms with E-state index in [1.807, 2.05) is 4.90 Å². The fourth-order valence-corrected chi connectivity index (χ4v) is 5.05. The van der Waals surface area contributed by atoms with E-state index in [0.29, 0.717) is 37.8 Å². The average molecular weight is 381 g/mol. The summed E-state index contributed by atoms with van der Waals surface area (Å²) in [6.45, 7) is 2.64. The first-order valence-corrected chi connectivity index (χ1v) is 9.99. The van der Waals surface area contributed by atoms with Crippen LogP contribution in [0.15, 0.2) is 18.3 Å². The van der Waals surface area contributed by atoms with Crippen LogP contribution in [0, 0.1) is 17.8 Å². The number of hydrogen-bond donors (Lipinski definition) is 0. The van der Waals surface area contributed by atoms with Gasteiger partial charge in [0.1, 0.15) is 5.82 Å². The molecule has 148 valence electrons. The number of alkyl halides is 3. The summed E-state index contributed by atoms with van der Waals surface area (Å²) in [7, 11) is 0. The second-order valence-electron chi connectivity index (χ2n) is 8.18. The number of aromatic nitrogens is 1. The fourth-order valence-electron chi connectivity index (χ4n) is 5.05. The molecule has 1 amide bonds. The third-order valence-electron chi connectivity index (χ3n) is 6.52. The Morgan fingerprint density at radius 1 is 1.04 bits per heavy atom. The molecule has 27 heavy (non-hydrogen) atoms. The maximum atomic E-state index is 13.2. The van der Waals surface area contributed by atoms with Crippen molar-refractivity contribution in [1.82, 2.24) is 9.88 Å². The Hall–Kier alpha value is -1.79. The molecule has 2 saturated heterocycles. The van der Waals surface area contributed by atoms with Gasteiger partial charge in [0.25, 0.3) is 0 Å². The molecule has 0 N–H and O–H groups in total. The van der Waals surface area contributed by atoms with Crippen molar-refractivity contribution in [2.45, 2.75) is 44.7 Å². The number of fused-ring (bicyclic) bond motifs is 1. The molecule has 3 aliphatic rings. The highest BCUT2D eigenvalue weighted by molar-refractivity contribution is 5.79. The van der Waals surface area contributed by atoms with Gasteiger partial charge >= 0.3 is 6.18 Å². The second-order valence-corrected chi connectivity index (χ2v) is 8.18. The summed E-state index contributed by atoms with van der Waals surface area (Å²) in [5.74, 6) is 1.44. The van der Waals surface area contributed by atoms with Gasteiger partial charge in [0, 0.05) is 38.3 Å². The van der Waals surface area contributed by atoms with Gasteiger partial charge in [-0.1, -0.05) is 12.8 Å². The lowest BCUT2D eigenvalue weighted by molar-refractivity contribution is -0.138. The zero-order valence-electron chi connectivity index (χ0n) is 15.4. The molecule has 3 fully saturated rings. The first-order valence-electron chi connectivity index (χ1n) is 9.99. The summed E-state index contributed by atoms with van der Waals surface area (Å²) in [6.07, 6.45) is 3.17. The zero-order valence-corrected chi connectivity index (χ0v) is 15.4. The molecule has 0 bridgehead atoms. The molecular weight excluding hydrogens is 355 g/mol. The summed E-state index contributed by atoms with van der Waals surface area (Å²) < 4.78 is 39.7. The number of carbonyl (C=O) groups is 1. The zero-order chi connectivity index (χ0) is 19.0. The summed E-state index contributed by atoms with van der Waals surface area (Å²) in [4.78, 5) is 20.6. The number of hydrogen-bond acceptors (Lipinski definition) is 3. The van der Waals surface area contributed by atoms with Crippen LogP contribution < -0.4 is 4.90 Å². The molecule has 7 heteroatoms. The number of rotatable bonds is 2. The highest BCUT2D eigenvalue weighted by Crippen LogP contribution is 2.39. The Balaban J connectivity index is 1.38. The van der Waals surface area contributed by atoms with Crippen molar-refractivity contribution in [3.05, 3.63) is 23.9 Å². The average Bonchev–Trinajstić information content (AvgIpc) is 3.11. The van der Waals surface area contributed by atoms with E-state index in [-0.39, 0.29) is 17.6 Å².